The second-order valence-corrected chi connectivity index (χ2v) is 3.04. The van der Waals surface area contributed by atoms with Crippen molar-refractivity contribution in [2.45, 2.75) is 0 Å². The smallest absolute Gasteiger partial charge is 0.127 e. The first kappa shape index (κ1) is 9.46. The van der Waals surface area contributed by atoms with E-state index in [4.69, 9.17) is 4.74 Å². The Labute approximate surface area is 88.1 Å². The van der Waals surface area contributed by atoms with Crippen molar-refractivity contribution in [1.82, 2.24) is 0 Å². The van der Waals surface area contributed by atoms with Crippen molar-refractivity contribution >= 4 is 6.29 Å². The molecule has 74 valence electrons. The number of para-hydroxylation sites is 1. The SMILES string of the molecule is O=[C-]c1ccc(Oc2ccccc2)cc1. The fourth-order valence-corrected chi connectivity index (χ4v) is 1.22. The van der Waals surface area contributed by atoms with Gasteiger partial charge in [0.2, 0.25) is 0 Å². The van der Waals surface area contributed by atoms with E-state index in [0.29, 0.717) is 11.3 Å². The summed E-state index contributed by atoms with van der Waals surface area (Å²) in [6, 6.07) is 16.3. The van der Waals surface area contributed by atoms with Gasteiger partial charge in [-0.15, -0.1) is 0 Å². The maximum Gasteiger partial charge on any atom is 0.127 e. The van der Waals surface area contributed by atoms with Gasteiger partial charge in [-0.3, -0.25) is 0 Å². The zero-order chi connectivity index (χ0) is 10.5. The molecule has 2 aromatic rings. The zero-order valence-corrected chi connectivity index (χ0v) is 8.01. The molecule has 2 heteroatoms. The number of hydrogen-bond acceptors (Lipinski definition) is 2. The van der Waals surface area contributed by atoms with Crippen molar-refractivity contribution < 1.29 is 9.53 Å². The molecule has 0 unspecified atom stereocenters. The molecule has 0 spiro atoms. The van der Waals surface area contributed by atoms with Gasteiger partial charge in [0.15, 0.2) is 0 Å². The van der Waals surface area contributed by atoms with Gasteiger partial charge in [0.25, 0.3) is 0 Å². The summed E-state index contributed by atoms with van der Waals surface area (Å²) in [6.07, 6.45) is 1.81. The van der Waals surface area contributed by atoms with E-state index in [-0.39, 0.29) is 0 Å². The van der Waals surface area contributed by atoms with E-state index in [1.54, 1.807) is 24.3 Å². The molecule has 2 nitrogen and oxygen atoms in total. The van der Waals surface area contributed by atoms with Crippen molar-refractivity contribution in [3.8, 4) is 11.5 Å². The highest BCUT2D eigenvalue weighted by Gasteiger charge is 1.92. The largest absolute Gasteiger partial charge is 0.460 e. The minimum atomic E-state index is 0.524. The average molecular weight is 197 g/mol. The fourth-order valence-electron chi connectivity index (χ4n) is 1.22. The Kier molecular flexibility index (Phi) is 2.79. The van der Waals surface area contributed by atoms with Crippen LogP contribution >= 0.6 is 0 Å². The molecule has 2 rings (SSSR count). The van der Waals surface area contributed by atoms with Gasteiger partial charge in [-0.1, -0.05) is 30.3 Å². The lowest BCUT2D eigenvalue weighted by molar-refractivity contribution is 0.482. The maximum atomic E-state index is 10.3. The normalized spacial score (nSPS) is 9.60. The Morgan fingerprint density at radius 3 is 2.00 bits per heavy atom. The summed E-state index contributed by atoms with van der Waals surface area (Å²) in [4.78, 5) is 10.3. The molecule has 0 N–H and O–H groups in total. The number of carbonyl (C=O) groups excluding carboxylic acids is 1. The predicted molar refractivity (Wildman–Crippen MR) is 57.8 cm³/mol. The molecular formula is C13H9O2-. The fraction of sp³-hybridized carbons (Fsp3) is 0. The van der Waals surface area contributed by atoms with Crippen molar-refractivity contribution in [3.05, 3.63) is 60.2 Å². The van der Waals surface area contributed by atoms with E-state index >= 15 is 0 Å². The molecule has 0 saturated heterocycles. The monoisotopic (exact) mass is 197 g/mol. The summed E-state index contributed by atoms with van der Waals surface area (Å²) in [5, 5.41) is 0. The third-order valence-corrected chi connectivity index (χ3v) is 1.95. The van der Waals surface area contributed by atoms with Crippen molar-refractivity contribution in [1.29, 1.82) is 0 Å². The third-order valence-electron chi connectivity index (χ3n) is 1.95. The summed E-state index contributed by atoms with van der Waals surface area (Å²) in [5.74, 6) is 1.49. The molecule has 0 aliphatic carbocycles. The van der Waals surface area contributed by atoms with Crippen LogP contribution in [-0.4, -0.2) is 6.29 Å². The van der Waals surface area contributed by atoms with E-state index in [0.717, 1.165) is 5.75 Å². The van der Waals surface area contributed by atoms with E-state index < -0.39 is 0 Å². The van der Waals surface area contributed by atoms with E-state index in [9.17, 15) is 4.79 Å². The molecule has 0 radical (unpaired) electrons. The minimum Gasteiger partial charge on any atom is -0.460 e. The van der Waals surface area contributed by atoms with Crippen LogP contribution in [0.2, 0.25) is 0 Å². The summed E-state index contributed by atoms with van der Waals surface area (Å²) < 4.78 is 5.55. The summed E-state index contributed by atoms with van der Waals surface area (Å²) in [6.45, 7) is 0. The van der Waals surface area contributed by atoms with Gasteiger partial charge in [-0.05, 0) is 12.1 Å². The van der Waals surface area contributed by atoms with Crippen molar-refractivity contribution in [3.63, 3.8) is 0 Å². The van der Waals surface area contributed by atoms with Crippen LogP contribution < -0.4 is 4.74 Å². The summed E-state index contributed by atoms with van der Waals surface area (Å²) >= 11 is 0. The molecule has 0 aliphatic rings. The van der Waals surface area contributed by atoms with Gasteiger partial charge in [-0.2, -0.15) is 17.7 Å². The topological polar surface area (TPSA) is 26.3 Å². The van der Waals surface area contributed by atoms with Crippen LogP contribution in [0, 0.1) is 0 Å². The second-order valence-electron chi connectivity index (χ2n) is 3.04. The Morgan fingerprint density at radius 1 is 0.800 bits per heavy atom. The molecule has 0 heterocycles. The highest BCUT2D eigenvalue weighted by molar-refractivity contribution is 5.75. The Morgan fingerprint density at radius 2 is 1.40 bits per heavy atom. The minimum absolute atomic E-state index is 0.524. The van der Waals surface area contributed by atoms with E-state index in [1.165, 1.54) is 0 Å². The van der Waals surface area contributed by atoms with Crippen LogP contribution in [0.3, 0.4) is 0 Å². The van der Waals surface area contributed by atoms with Crippen molar-refractivity contribution in [2.75, 3.05) is 0 Å². The number of hydrogen-bond donors (Lipinski definition) is 0. The molecule has 15 heavy (non-hydrogen) atoms. The van der Waals surface area contributed by atoms with E-state index in [2.05, 4.69) is 0 Å². The molecule has 0 amide bonds. The predicted octanol–water partition coefficient (Wildman–Crippen LogP) is 2.94. The summed E-state index contributed by atoms with van der Waals surface area (Å²) in [7, 11) is 0. The highest BCUT2D eigenvalue weighted by atomic mass is 16.5. The molecule has 0 aliphatic heterocycles. The molecule has 0 saturated carbocycles. The zero-order valence-electron chi connectivity index (χ0n) is 8.01. The van der Waals surface area contributed by atoms with Crippen LogP contribution in [-0.2, 0) is 4.79 Å². The molecule has 0 fully saturated rings. The number of rotatable bonds is 3. The molecule has 0 bridgehead atoms. The molecule has 2 aromatic carbocycles. The average Bonchev–Trinajstić information content (AvgIpc) is 2.31. The standard InChI is InChI=1S/C13H9O2/c14-10-11-6-8-13(9-7-11)15-12-4-2-1-3-5-12/h1-9H/q-1. The Bertz CT molecular complexity index is 432. The van der Waals surface area contributed by atoms with Gasteiger partial charge >= 0.3 is 0 Å². The number of ether oxygens (including phenoxy) is 1. The molecule has 0 aromatic heterocycles. The quantitative estimate of drug-likeness (QED) is 0.707. The lowest BCUT2D eigenvalue weighted by Crippen LogP contribution is -1.84. The Balaban J connectivity index is 2.15. The first-order valence-electron chi connectivity index (χ1n) is 4.59. The van der Waals surface area contributed by atoms with Crippen LogP contribution in [0.1, 0.15) is 5.56 Å². The van der Waals surface area contributed by atoms with Gasteiger partial charge in [0, 0.05) is 0 Å². The lowest BCUT2D eigenvalue weighted by atomic mass is 10.2. The van der Waals surface area contributed by atoms with Crippen LogP contribution in [0.5, 0.6) is 11.5 Å². The van der Waals surface area contributed by atoms with Crippen molar-refractivity contribution in [2.24, 2.45) is 0 Å². The van der Waals surface area contributed by atoms with Crippen LogP contribution in [0.15, 0.2) is 54.6 Å². The number of benzene rings is 2. The Hall–Kier alpha value is -2.09. The maximum absolute atomic E-state index is 10.3. The van der Waals surface area contributed by atoms with Gasteiger partial charge in [-0.25, -0.2) is 0 Å². The molecule has 0 atom stereocenters. The van der Waals surface area contributed by atoms with Gasteiger partial charge < -0.3 is 9.53 Å². The summed E-state index contributed by atoms with van der Waals surface area (Å²) in [5.41, 5.74) is 0.524. The van der Waals surface area contributed by atoms with Gasteiger partial charge in [0.05, 0.1) is 6.29 Å². The highest BCUT2D eigenvalue weighted by Crippen LogP contribution is 2.20. The third kappa shape index (κ3) is 2.44. The van der Waals surface area contributed by atoms with E-state index in [1.807, 2.05) is 36.6 Å². The first-order valence-corrected chi connectivity index (χ1v) is 4.59. The second kappa shape index (κ2) is 4.42. The van der Waals surface area contributed by atoms with Gasteiger partial charge in [0.1, 0.15) is 11.5 Å². The first-order chi connectivity index (χ1) is 7.38. The lowest BCUT2D eigenvalue weighted by Gasteiger charge is -2.07. The van der Waals surface area contributed by atoms with Crippen LogP contribution in [0.4, 0.5) is 0 Å². The van der Waals surface area contributed by atoms with Crippen LogP contribution in [0.25, 0.3) is 0 Å². The molecular weight excluding hydrogens is 188 g/mol.